The van der Waals surface area contributed by atoms with E-state index in [9.17, 15) is 9.59 Å². The lowest BCUT2D eigenvalue weighted by atomic mass is 10.3. The number of carboxylic acids is 1. The summed E-state index contributed by atoms with van der Waals surface area (Å²) < 4.78 is 1.57. The summed E-state index contributed by atoms with van der Waals surface area (Å²) in [6.45, 7) is 4.14. The van der Waals surface area contributed by atoms with Crippen molar-refractivity contribution in [1.82, 2.24) is 14.7 Å². The topological polar surface area (TPSA) is 75.4 Å². The van der Waals surface area contributed by atoms with Crippen LogP contribution >= 0.6 is 23.2 Å². The van der Waals surface area contributed by atoms with Gasteiger partial charge in [0, 0.05) is 23.8 Å². The number of halogens is 2. The molecule has 128 valence electrons. The maximum atomic E-state index is 12.5. The van der Waals surface area contributed by atoms with Crippen molar-refractivity contribution < 1.29 is 14.7 Å². The van der Waals surface area contributed by atoms with Crippen LogP contribution in [-0.2, 0) is 4.79 Å². The number of aromatic nitrogens is 2. The summed E-state index contributed by atoms with van der Waals surface area (Å²) in [6, 6.07) is 6.67. The first-order valence-electron chi connectivity index (χ1n) is 7.36. The number of carbonyl (C=O) groups excluding carboxylic acids is 1. The van der Waals surface area contributed by atoms with E-state index in [1.807, 2.05) is 6.92 Å². The van der Waals surface area contributed by atoms with Gasteiger partial charge in [0.15, 0.2) is 5.69 Å². The van der Waals surface area contributed by atoms with Gasteiger partial charge in [-0.3, -0.25) is 9.59 Å². The lowest BCUT2D eigenvalue weighted by molar-refractivity contribution is -0.137. The molecule has 1 aromatic carbocycles. The Morgan fingerprint density at radius 3 is 2.58 bits per heavy atom. The highest BCUT2D eigenvalue weighted by Crippen LogP contribution is 2.25. The number of hydrogen-bond donors (Lipinski definition) is 1. The fourth-order valence-corrected chi connectivity index (χ4v) is 2.76. The normalized spacial score (nSPS) is 10.7. The van der Waals surface area contributed by atoms with Crippen LogP contribution in [-0.4, -0.2) is 44.8 Å². The van der Waals surface area contributed by atoms with Crippen LogP contribution in [0.3, 0.4) is 0 Å². The van der Waals surface area contributed by atoms with Crippen molar-refractivity contribution in [2.24, 2.45) is 0 Å². The number of benzene rings is 1. The molecule has 2 rings (SSSR count). The van der Waals surface area contributed by atoms with Gasteiger partial charge < -0.3 is 10.0 Å². The van der Waals surface area contributed by atoms with E-state index in [0.29, 0.717) is 22.3 Å². The SMILES string of the molecule is CCN(CCC(=O)O)C(=O)c1cc(C)n(-c2ccc(Cl)cc2Cl)n1. The van der Waals surface area contributed by atoms with Gasteiger partial charge in [0.2, 0.25) is 0 Å². The van der Waals surface area contributed by atoms with E-state index >= 15 is 0 Å². The smallest absolute Gasteiger partial charge is 0.305 e. The highest BCUT2D eigenvalue weighted by Gasteiger charge is 2.20. The molecule has 0 saturated heterocycles. The molecular weight excluding hydrogens is 353 g/mol. The summed E-state index contributed by atoms with van der Waals surface area (Å²) in [4.78, 5) is 24.7. The zero-order valence-electron chi connectivity index (χ0n) is 13.3. The zero-order chi connectivity index (χ0) is 17.9. The molecular formula is C16H17Cl2N3O3. The van der Waals surface area contributed by atoms with E-state index in [2.05, 4.69) is 5.10 Å². The van der Waals surface area contributed by atoms with Gasteiger partial charge in [0.1, 0.15) is 0 Å². The lowest BCUT2D eigenvalue weighted by Gasteiger charge is -2.18. The maximum absolute atomic E-state index is 12.5. The molecule has 6 nitrogen and oxygen atoms in total. The molecule has 0 aliphatic heterocycles. The van der Waals surface area contributed by atoms with E-state index in [0.717, 1.165) is 5.69 Å². The molecule has 1 N–H and O–H groups in total. The second-order valence-electron chi connectivity index (χ2n) is 5.21. The van der Waals surface area contributed by atoms with Crippen molar-refractivity contribution in [3.05, 3.63) is 45.7 Å². The molecule has 24 heavy (non-hydrogen) atoms. The van der Waals surface area contributed by atoms with E-state index < -0.39 is 5.97 Å². The molecule has 0 fully saturated rings. The molecule has 0 radical (unpaired) electrons. The van der Waals surface area contributed by atoms with Crippen molar-refractivity contribution >= 4 is 35.1 Å². The van der Waals surface area contributed by atoms with E-state index in [1.54, 1.807) is 35.9 Å². The molecule has 0 unspecified atom stereocenters. The average molecular weight is 370 g/mol. The van der Waals surface area contributed by atoms with Crippen LogP contribution in [0.2, 0.25) is 10.0 Å². The minimum absolute atomic E-state index is 0.109. The second kappa shape index (κ2) is 7.68. The molecule has 0 aliphatic rings. The summed E-state index contributed by atoms with van der Waals surface area (Å²) >= 11 is 12.1. The van der Waals surface area contributed by atoms with Crippen LogP contribution in [0.4, 0.5) is 0 Å². The Bertz CT molecular complexity index is 774. The summed E-state index contributed by atoms with van der Waals surface area (Å²) in [5, 5.41) is 14.0. The van der Waals surface area contributed by atoms with Gasteiger partial charge in [-0.05, 0) is 38.1 Å². The van der Waals surface area contributed by atoms with Gasteiger partial charge in [-0.1, -0.05) is 23.2 Å². The summed E-state index contributed by atoms with van der Waals surface area (Å²) in [5.41, 5.74) is 1.59. The van der Waals surface area contributed by atoms with E-state index in [4.69, 9.17) is 28.3 Å². The number of amides is 1. The van der Waals surface area contributed by atoms with Crippen LogP contribution in [0, 0.1) is 6.92 Å². The van der Waals surface area contributed by atoms with Crippen LogP contribution in [0.1, 0.15) is 29.5 Å². The van der Waals surface area contributed by atoms with Crippen molar-refractivity contribution in [2.75, 3.05) is 13.1 Å². The van der Waals surface area contributed by atoms with E-state index in [-0.39, 0.29) is 24.6 Å². The maximum Gasteiger partial charge on any atom is 0.305 e. The molecule has 0 aliphatic carbocycles. The Morgan fingerprint density at radius 2 is 2.00 bits per heavy atom. The van der Waals surface area contributed by atoms with Crippen LogP contribution < -0.4 is 0 Å². The molecule has 1 amide bonds. The third-order valence-corrected chi connectivity index (χ3v) is 4.05. The monoisotopic (exact) mass is 369 g/mol. The Hall–Kier alpha value is -2.05. The van der Waals surface area contributed by atoms with Gasteiger partial charge in [0.05, 0.1) is 17.1 Å². The van der Waals surface area contributed by atoms with Crippen LogP contribution in [0.5, 0.6) is 0 Å². The number of nitrogens with zero attached hydrogens (tertiary/aromatic N) is 3. The molecule has 0 bridgehead atoms. The third kappa shape index (κ3) is 4.07. The van der Waals surface area contributed by atoms with Gasteiger partial charge in [-0.2, -0.15) is 5.10 Å². The molecule has 1 heterocycles. The van der Waals surface area contributed by atoms with E-state index in [1.165, 1.54) is 4.90 Å². The highest BCUT2D eigenvalue weighted by molar-refractivity contribution is 6.35. The van der Waals surface area contributed by atoms with Crippen molar-refractivity contribution in [2.45, 2.75) is 20.3 Å². The highest BCUT2D eigenvalue weighted by atomic mass is 35.5. The number of aliphatic carboxylic acids is 1. The predicted molar refractivity (Wildman–Crippen MR) is 92.2 cm³/mol. The largest absolute Gasteiger partial charge is 0.481 e. The molecule has 0 saturated carbocycles. The minimum atomic E-state index is -0.948. The second-order valence-corrected chi connectivity index (χ2v) is 6.05. The van der Waals surface area contributed by atoms with Gasteiger partial charge in [0.25, 0.3) is 5.91 Å². The van der Waals surface area contributed by atoms with Crippen LogP contribution in [0.25, 0.3) is 5.69 Å². The summed E-state index contributed by atoms with van der Waals surface area (Å²) in [6.07, 6.45) is -0.109. The lowest BCUT2D eigenvalue weighted by Crippen LogP contribution is -2.33. The summed E-state index contributed by atoms with van der Waals surface area (Å²) in [5.74, 6) is -1.26. The fraction of sp³-hybridized carbons (Fsp3) is 0.312. The molecule has 0 atom stereocenters. The van der Waals surface area contributed by atoms with Crippen molar-refractivity contribution in [3.8, 4) is 5.69 Å². The number of hydrogen-bond acceptors (Lipinski definition) is 3. The number of aryl methyl sites for hydroxylation is 1. The van der Waals surface area contributed by atoms with Crippen LogP contribution in [0.15, 0.2) is 24.3 Å². The Kier molecular flexibility index (Phi) is 5.85. The zero-order valence-corrected chi connectivity index (χ0v) is 14.8. The molecule has 0 spiro atoms. The first kappa shape index (κ1) is 18.3. The molecule has 8 heteroatoms. The third-order valence-electron chi connectivity index (χ3n) is 3.51. The standard InChI is InChI=1S/C16H17Cl2N3O3/c1-3-20(7-6-15(22)23)16(24)13-8-10(2)21(19-13)14-5-4-11(17)9-12(14)18/h4-5,8-9H,3,6-7H2,1-2H3,(H,22,23). The first-order valence-corrected chi connectivity index (χ1v) is 8.12. The Morgan fingerprint density at radius 1 is 1.29 bits per heavy atom. The fourth-order valence-electron chi connectivity index (χ4n) is 2.27. The van der Waals surface area contributed by atoms with Gasteiger partial charge in [-0.15, -0.1) is 0 Å². The number of carbonyl (C=O) groups is 2. The quantitative estimate of drug-likeness (QED) is 0.846. The minimum Gasteiger partial charge on any atom is -0.481 e. The van der Waals surface area contributed by atoms with Crippen molar-refractivity contribution in [3.63, 3.8) is 0 Å². The van der Waals surface area contributed by atoms with Gasteiger partial charge in [-0.25, -0.2) is 4.68 Å². The average Bonchev–Trinajstić information content (AvgIpc) is 2.89. The Balaban J connectivity index is 2.30. The predicted octanol–water partition coefficient (Wildman–Crippen LogP) is 3.42. The number of rotatable bonds is 6. The Labute approximate surface area is 149 Å². The van der Waals surface area contributed by atoms with Gasteiger partial charge >= 0.3 is 5.97 Å². The first-order chi connectivity index (χ1) is 11.3. The number of carboxylic acid groups (broad SMARTS) is 1. The molecule has 1 aromatic heterocycles. The summed E-state index contributed by atoms with van der Waals surface area (Å²) in [7, 11) is 0. The molecule has 2 aromatic rings. The van der Waals surface area contributed by atoms with Crippen molar-refractivity contribution in [1.29, 1.82) is 0 Å².